The second kappa shape index (κ2) is 7.27. The van der Waals surface area contributed by atoms with Crippen molar-refractivity contribution in [2.45, 2.75) is 32.6 Å². The minimum atomic E-state index is -0.835. The lowest BCUT2D eigenvalue weighted by Gasteiger charge is -2.12. The highest BCUT2D eigenvalue weighted by atomic mass is 16.4. The molecule has 1 aliphatic rings. The lowest BCUT2D eigenvalue weighted by molar-refractivity contribution is -0.141. The molecule has 0 bridgehead atoms. The number of rotatable bonds is 9. The van der Waals surface area contributed by atoms with Crippen LogP contribution in [0.4, 0.5) is 0 Å². The molecule has 17 heavy (non-hydrogen) atoms. The van der Waals surface area contributed by atoms with Gasteiger partial charge in [0.15, 0.2) is 0 Å². The molecule has 0 aromatic rings. The third kappa shape index (κ3) is 6.26. The largest absolute Gasteiger partial charge is 0.481 e. The van der Waals surface area contributed by atoms with Gasteiger partial charge in [0, 0.05) is 6.54 Å². The van der Waals surface area contributed by atoms with E-state index in [2.05, 4.69) is 10.6 Å². The number of aliphatic carboxylic acids is 1. The average Bonchev–Trinajstić information content (AvgIpc) is 3.07. The summed E-state index contributed by atoms with van der Waals surface area (Å²) in [6.07, 6.45) is 3.93. The van der Waals surface area contributed by atoms with Gasteiger partial charge in [0.05, 0.1) is 12.5 Å². The minimum Gasteiger partial charge on any atom is -0.481 e. The van der Waals surface area contributed by atoms with Gasteiger partial charge in [-0.1, -0.05) is 13.3 Å². The molecule has 98 valence electrons. The van der Waals surface area contributed by atoms with Crippen LogP contribution < -0.4 is 10.6 Å². The number of carbonyl (C=O) groups excluding carboxylic acids is 1. The van der Waals surface area contributed by atoms with E-state index in [1.165, 1.54) is 12.8 Å². The Labute approximate surface area is 102 Å². The van der Waals surface area contributed by atoms with Crippen molar-refractivity contribution in [3.8, 4) is 0 Å². The molecule has 3 N–H and O–H groups in total. The summed E-state index contributed by atoms with van der Waals surface area (Å²) in [6.45, 7) is 3.35. The Balaban J connectivity index is 2.08. The van der Waals surface area contributed by atoms with E-state index in [0.29, 0.717) is 6.42 Å². The SMILES string of the molecule is CCCC(CNC(=O)CNCC1CC1)C(=O)O. The van der Waals surface area contributed by atoms with Crippen molar-refractivity contribution < 1.29 is 14.7 Å². The maximum atomic E-state index is 11.4. The molecule has 0 saturated heterocycles. The van der Waals surface area contributed by atoms with Crippen LogP contribution in [0.1, 0.15) is 32.6 Å². The van der Waals surface area contributed by atoms with Crippen molar-refractivity contribution in [3.63, 3.8) is 0 Å². The zero-order valence-electron chi connectivity index (χ0n) is 10.4. The highest BCUT2D eigenvalue weighted by Crippen LogP contribution is 2.27. The zero-order chi connectivity index (χ0) is 12.7. The van der Waals surface area contributed by atoms with Gasteiger partial charge in [-0.25, -0.2) is 0 Å². The lowest BCUT2D eigenvalue weighted by Crippen LogP contribution is -2.38. The van der Waals surface area contributed by atoms with Crippen LogP contribution in [0, 0.1) is 11.8 Å². The molecule has 1 atom stereocenters. The van der Waals surface area contributed by atoms with Gasteiger partial charge in [0.25, 0.3) is 0 Å². The standard InChI is InChI=1S/C12H22N2O3/c1-2-3-10(12(16)17)7-14-11(15)8-13-6-9-4-5-9/h9-10,13H,2-8H2,1H3,(H,14,15)(H,16,17). The molecule has 1 aliphatic carbocycles. The monoisotopic (exact) mass is 242 g/mol. The topological polar surface area (TPSA) is 78.4 Å². The highest BCUT2D eigenvalue weighted by molar-refractivity contribution is 5.79. The normalized spacial score (nSPS) is 16.5. The van der Waals surface area contributed by atoms with Crippen LogP contribution in [-0.2, 0) is 9.59 Å². The van der Waals surface area contributed by atoms with Crippen molar-refractivity contribution in [1.29, 1.82) is 0 Å². The molecule has 5 nitrogen and oxygen atoms in total. The fourth-order valence-corrected chi connectivity index (χ4v) is 1.67. The summed E-state index contributed by atoms with van der Waals surface area (Å²) in [6, 6.07) is 0. The van der Waals surface area contributed by atoms with Crippen LogP contribution in [0.15, 0.2) is 0 Å². The number of hydrogen-bond donors (Lipinski definition) is 3. The van der Waals surface area contributed by atoms with Gasteiger partial charge >= 0.3 is 5.97 Å². The summed E-state index contributed by atoms with van der Waals surface area (Å²) in [4.78, 5) is 22.3. The quantitative estimate of drug-likeness (QED) is 0.553. The summed E-state index contributed by atoms with van der Waals surface area (Å²) in [5, 5.41) is 14.6. The van der Waals surface area contributed by atoms with Gasteiger partial charge in [-0.05, 0) is 31.7 Å². The first-order valence-corrected chi connectivity index (χ1v) is 6.33. The summed E-state index contributed by atoms with van der Waals surface area (Å²) >= 11 is 0. The first-order valence-electron chi connectivity index (χ1n) is 6.33. The number of carboxylic acid groups (broad SMARTS) is 1. The number of carboxylic acids is 1. The van der Waals surface area contributed by atoms with E-state index in [-0.39, 0.29) is 19.0 Å². The molecule has 1 fully saturated rings. The molecule has 0 aromatic heterocycles. The molecule has 1 amide bonds. The van der Waals surface area contributed by atoms with Gasteiger partial charge in [0.2, 0.25) is 5.91 Å². The molecular formula is C12H22N2O3. The predicted octanol–water partition coefficient (Wildman–Crippen LogP) is 0.603. The Morgan fingerprint density at radius 1 is 1.41 bits per heavy atom. The molecule has 1 unspecified atom stereocenters. The number of carbonyl (C=O) groups is 2. The van der Waals surface area contributed by atoms with Gasteiger partial charge in [-0.15, -0.1) is 0 Å². The van der Waals surface area contributed by atoms with Gasteiger partial charge < -0.3 is 15.7 Å². The summed E-state index contributed by atoms with van der Waals surface area (Å²) in [5.41, 5.74) is 0. The van der Waals surface area contributed by atoms with E-state index < -0.39 is 11.9 Å². The van der Waals surface area contributed by atoms with Crippen molar-refractivity contribution in [3.05, 3.63) is 0 Å². The van der Waals surface area contributed by atoms with E-state index in [9.17, 15) is 9.59 Å². The molecule has 1 saturated carbocycles. The molecule has 5 heteroatoms. The molecule has 0 aliphatic heterocycles. The van der Waals surface area contributed by atoms with E-state index in [0.717, 1.165) is 18.9 Å². The molecule has 0 spiro atoms. The summed E-state index contributed by atoms with van der Waals surface area (Å²) in [7, 11) is 0. The first kappa shape index (κ1) is 14.0. The van der Waals surface area contributed by atoms with E-state index in [4.69, 9.17) is 5.11 Å². The Morgan fingerprint density at radius 3 is 2.65 bits per heavy atom. The summed E-state index contributed by atoms with van der Waals surface area (Å²) < 4.78 is 0. The number of hydrogen-bond acceptors (Lipinski definition) is 3. The van der Waals surface area contributed by atoms with Crippen LogP contribution in [-0.4, -0.2) is 36.6 Å². The molecular weight excluding hydrogens is 220 g/mol. The van der Waals surface area contributed by atoms with E-state index in [1.807, 2.05) is 6.92 Å². The average molecular weight is 242 g/mol. The van der Waals surface area contributed by atoms with Crippen LogP contribution in [0.5, 0.6) is 0 Å². The number of nitrogens with one attached hydrogen (secondary N) is 2. The lowest BCUT2D eigenvalue weighted by atomic mass is 10.0. The first-order chi connectivity index (χ1) is 8.13. The molecule has 0 aromatic carbocycles. The fourth-order valence-electron chi connectivity index (χ4n) is 1.67. The second-order valence-corrected chi connectivity index (χ2v) is 4.70. The highest BCUT2D eigenvalue weighted by Gasteiger charge is 2.21. The Hall–Kier alpha value is -1.10. The van der Waals surface area contributed by atoms with Crippen LogP contribution in [0.2, 0.25) is 0 Å². The maximum Gasteiger partial charge on any atom is 0.308 e. The van der Waals surface area contributed by atoms with Crippen molar-refractivity contribution in [1.82, 2.24) is 10.6 Å². The maximum absolute atomic E-state index is 11.4. The Kier molecular flexibility index (Phi) is 5.97. The molecule has 1 rings (SSSR count). The molecule has 0 radical (unpaired) electrons. The molecule has 0 heterocycles. The van der Waals surface area contributed by atoms with Crippen molar-refractivity contribution in [2.75, 3.05) is 19.6 Å². The smallest absolute Gasteiger partial charge is 0.308 e. The zero-order valence-corrected chi connectivity index (χ0v) is 10.4. The number of amides is 1. The van der Waals surface area contributed by atoms with Crippen LogP contribution >= 0.6 is 0 Å². The van der Waals surface area contributed by atoms with Crippen molar-refractivity contribution in [2.24, 2.45) is 11.8 Å². The second-order valence-electron chi connectivity index (χ2n) is 4.70. The van der Waals surface area contributed by atoms with Crippen molar-refractivity contribution >= 4 is 11.9 Å². The van der Waals surface area contributed by atoms with Gasteiger partial charge in [0.1, 0.15) is 0 Å². The van der Waals surface area contributed by atoms with Gasteiger partial charge in [-0.2, -0.15) is 0 Å². The minimum absolute atomic E-state index is 0.118. The van der Waals surface area contributed by atoms with E-state index in [1.54, 1.807) is 0 Å². The van der Waals surface area contributed by atoms with Gasteiger partial charge in [-0.3, -0.25) is 9.59 Å². The third-order valence-corrected chi connectivity index (χ3v) is 2.95. The van der Waals surface area contributed by atoms with Crippen LogP contribution in [0.3, 0.4) is 0 Å². The predicted molar refractivity (Wildman–Crippen MR) is 64.6 cm³/mol. The Morgan fingerprint density at radius 2 is 2.12 bits per heavy atom. The third-order valence-electron chi connectivity index (χ3n) is 2.95. The fraction of sp³-hybridized carbons (Fsp3) is 0.833. The van der Waals surface area contributed by atoms with E-state index >= 15 is 0 Å². The summed E-state index contributed by atoms with van der Waals surface area (Å²) in [5.74, 6) is -0.673. The van der Waals surface area contributed by atoms with Crippen LogP contribution in [0.25, 0.3) is 0 Å². The Bertz CT molecular complexity index is 264.